The molecule has 1 rings (SSSR count). The van der Waals surface area contributed by atoms with E-state index in [0.717, 1.165) is 30.7 Å². The molecule has 0 N–H and O–H groups in total. The quantitative estimate of drug-likeness (QED) is 0.280. The van der Waals surface area contributed by atoms with E-state index < -0.39 is 0 Å². The summed E-state index contributed by atoms with van der Waals surface area (Å²) in [5.74, 6) is 0. The number of carbonyl (C=O) groups excluding carboxylic acids is 1. The normalized spacial score (nSPS) is 17.7. The van der Waals surface area contributed by atoms with Gasteiger partial charge in [0.05, 0.1) is 60.1 Å². The molecular formula is C12H25IN2O4. The molecule has 7 heteroatoms. The number of likely N-dealkylation sites (N-methyl/N-ethyl adjacent to an activating group) is 1. The zero-order chi connectivity index (χ0) is 13.4. The summed E-state index contributed by atoms with van der Waals surface area (Å²) in [6.45, 7) is 5.28. The van der Waals surface area contributed by atoms with Crippen LogP contribution in [0.4, 0.5) is 4.79 Å². The van der Waals surface area contributed by atoms with Crippen LogP contribution in [0.15, 0.2) is 0 Å². The van der Waals surface area contributed by atoms with E-state index in [-0.39, 0.29) is 30.1 Å². The number of carbonyl (C=O) groups is 1. The molecule has 0 spiro atoms. The minimum Gasteiger partial charge on any atom is -1.00 e. The van der Waals surface area contributed by atoms with Crippen molar-refractivity contribution in [2.24, 2.45) is 0 Å². The molecule has 1 heterocycles. The summed E-state index contributed by atoms with van der Waals surface area (Å²) in [7, 11) is 5.97. The van der Waals surface area contributed by atoms with E-state index in [1.54, 1.807) is 12.0 Å². The summed E-state index contributed by atoms with van der Waals surface area (Å²) in [5, 5.41) is 0. The van der Waals surface area contributed by atoms with Crippen LogP contribution in [0.25, 0.3) is 0 Å². The Labute approximate surface area is 132 Å². The molecule has 0 unspecified atom stereocenters. The van der Waals surface area contributed by atoms with Crippen LogP contribution in [0.5, 0.6) is 0 Å². The molecule has 1 saturated heterocycles. The molecule has 1 amide bonds. The lowest BCUT2D eigenvalue weighted by Gasteiger charge is -2.38. The summed E-state index contributed by atoms with van der Waals surface area (Å²) in [6, 6.07) is 0. The van der Waals surface area contributed by atoms with Gasteiger partial charge in [-0.2, -0.15) is 0 Å². The Bertz CT molecular complexity index is 254. The summed E-state index contributed by atoms with van der Waals surface area (Å²) >= 11 is 0. The summed E-state index contributed by atoms with van der Waals surface area (Å²) < 4.78 is 16.2. The number of hydrogen-bond acceptors (Lipinski definition) is 4. The van der Waals surface area contributed by atoms with E-state index in [1.807, 2.05) is 0 Å². The maximum atomic E-state index is 11.7. The second kappa shape index (κ2) is 9.73. The number of amides is 1. The van der Waals surface area contributed by atoms with Gasteiger partial charge in [0.2, 0.25) is 0 Å². The van der Waals surface area contributed by atoms with E-state index in [2.05, 4.69) is 14.1 Å². The van der Waals surface area contributed by atoms with Gasteiger partial charge in [-0.05, 0) is 0 Å². The van der Waals surface area contributed by atoms with Gasteiger partial charge in [0.1, 0.15) is 6.61 Å². The maximum Gasteiger partial charge on any atom is 0.410 e. The number of nitrogens with zero attached hydrogens (tertiary/aromatic N) is 2. The van der Waals surface area contributed by atoms with E-state index in [1.165, 1.54) is 0 Å². The van der Waals surface area contributed by atoms with Gasteiger partial charge in [0.25, 0.3) is 0 Å². The average Bonchev–Trinajstić information content (AvgIpc) is 2.33. The molecule has 1 aliphatic heterocycles. The molecule has 0 bridgehead atoms. The van der Waals surface area contributed by atoms with Crippen LogP contribution < -0.4 is 24.0 Å². The highest BCUT2D eigenvalue weighted by Gasteiger charge is 2.27. The number of quaternary nitrogens is 1. The lowest BCUT2D eigenvalue weighted by molar-refractivity contribution is -0.894. The van der Waals surface area contributed by atoms with Crippen molar-refractivity contribution in [2.45, 2.75) is 0 Å². The van der Waals surface area contributed by atoms with E-state index in [0.29, 0.717) is 26.4 Å². The molecule has 0 saturated carbocycles. The Balaban J connectivity index is 0.00000324. The topological polar surface area (TPSA) is 48.0 Å². The Kier molecular flexibility index (Phi) is 9.67. The van der Waals surface area contributed by atoms with Crippen molar-refractivity contribution in [3.8, 4) is 0 Å². The van der Waals surface area contributed by atoms with Crippen LogP contribution in [0, 0.1) is 0 Å². The van der Waals surface area contributed by atoms with Gasteiger partial charge in [-0.1, -0.05) is 0 Å². The Morgan fingerprint density at radius 2 is 1.68 bits per heavy atom. The molecule has 1 aliphatic rings. The first-order chi connectivity index (χ1) is 8.55. The second-order valence-electron chi connectivity index (χ2n) is 5.09. The second-order valence-corrected chi connectivity index (χ2v) is 5.09. The summed E-state index contributed by atoms with van der Waals surface area (Å²) in [6.07, 6.45) is -0.231. The monoisotopic (exact) mass is 388 g/mol. The van der Waals surface area contributed by atoms with Crippen LogP contribution >= 0.6 is 0 Å². The number of ether oxygens (including phenoxy) is 3. The van der Waals surface area contributed by atoms with Gasteiger partial charge in [-0.3, -0.25) is 4.90 Å². The van der Waals surface area contributed by atoms with Gasteiger partial charge >= 0.3 is 6.09 Å². The highest BCUT2D eigenvalue weighted by atomic mass is 127. The molecule has 0 aliphatic carbocycles. The molecular weight excluding hydrogens is 363 g/mol. The molecule has 6 nitrogen and oxygen atoms in total. The molecule has 19 heavy (non-hydrogen) atoms. The van der Waals surface area contributed by atoms with Gasteiger partial charge < -0.3 is 42.7 Å². The maximum absolute atomic E-state index is 11.7. The molecule has 0 aromatic rings. The van der Waals surface area contributed by atoms with Crippen LogP contribution in [0.3, 0.4) is 0 Å². The highest BCUT2D eigenvalue weighted by Crippen LogP contribution is 2.07. The molecule has 0 radical (unpaired) electrons. The number of methoxy groups -OCH3 is 1. The van der Waals surface area contributed by atoms with Crippen LogP contribution in [0.1, 0.15) is 0 Å². The van der Waals surface area contributed by atoms with E-state index >= 15 is 0 Å². The molecule has 1 fully saturated rings. The van der Waals surface area contributed by atoms with Gasteiger partial charge in [0, 0.05) is 7.11 Å². The third-order valence-electron chi connectivity index (χ3n) is 3.09. The molecule has 114 valence electrons. The molecule has 0 aromatic heterocycles. The summed E-state index contributed by atoms with van der Waals surface area (Å²) in [4.78, 5) is 13.5. The standard InChI is InChI=1S/C12H25N2O4.HI/c1-14(2)6-4-13(5-7-14)12(15)18-11-10-17-9-8-16-3;/h4-11H2,1-3H3;1H/q+1;/p-1. The summed E-state index contributed by atoms with van der Waals surface area (Å²) in [5.41, 5.74) is 0. The minimum atomic E-state index is -0.231. The van der Waals surface area contributed by atoms with Crippen LogP contribution in [0.2, 0.25) is 0 Å². The van der Waals surface area contributed by atoms with Crippen LogP contribution in [-0.4, -0.2) is 89.3 Å². The Hall–Kier alpha value is -0.120. The largest absolute Gasteiger partial charge is 1.00 e. The predicted molar refractivity (Wildman–Crippen MR) is 67.5 cm³/mol. The predicted octanol–water partition coefficient (Wildman–Crippen LogP) is -2.82. The first kappa shape index (κ1) is 18.9. The Morgan fingerprint density at radius 1 is 1.11 bits per heavy atom. The first-order valence-electron chi connectivity index (χ1n) is 6.35. The van der Waals surface area contributed by atoms with Crippen molar-refractivity contribution in [2.75, 3.05) is 73.8 Å². The van der Waals surface area contributed by atoms with Crippen molar-refractivity contribution in [3.05, 3.63) is 0 Å². The van der Waals surface area contributed by atoms with Crippen molar-refractivity contribution < 1.29 is 47.5 Å². The van der Waals surface area contributed by atoms with Gasteiger partial charge in [-0.15, -0.1) is 0 Å². The fourth-order valence-corrected chi connectivity index (χ4v) is 1.71. The van der Waals surface area contributed by atoms with Crippen molar-refractivity contribution in [3.63, 3.8) is 0 Å². The SMILES string of the molecule is COCCOCCOC(=O)N1CC[N+](C)(C)CC1.[I-]. The number of piperazine rings is 1. The lowest BCUT2D eigenvalue weighted by atomic mass is 10.3. The first-order valence-corrected chi connectivity index (χ1v) is 6.35. The molecule has 0 aromatic carbocycles. The highest BCUT2D eigenvalue weighted by molar-refractivity contribution is 5.67. The Morgan fingerprint density at radius 3 is 2.26 bits per heavy atom. The van der Waals surface area contributed by atoms with Gasteiger partial charge in [-0.25, -0.2) is 4.79 Å². The fraction of sp³-hybridized carbons (Fsp3) is 0.917. The van der Waals surface area contributed by atoms with Crippen molar-refractivity contribution in [1.82, 2.24) is 4.90 Å². The third-order valence-corrected chi connectivity index (χ3v) is 3.09. The van der Waals surface area contributed by atoms with Gasteiger partial charge in [0.15, 0.2) is 0 Å². The smallest absolute Gasteiger partial charge is 0.410 e. The van der Waals surface area contributed by atoms with E-state index in [4.69, 9.17) is 14.2 Å². The fourth-order valence-electron chi connectivity index (χ4n) is 1.71. The molecule has 0 atom stereocenters. The van der Waals surface area contributed by atoms with Crippen molar-refractivity contribution >= 4 is 6.09 Å². The number of hydrogen-bond donors (Lipinski definition) is 0. The zero-order valence-electron chi connectivity index (χ0n) is 12.1. The average molecular weight is 388 g/mol. The number of rotatable bonds is 6. The minimum absolute atomic E-state index is 0. The third kappa shape index (κ3) is 7.91. The van der Waals surface area contributed by atoms with Crippen LogP contribution in [-0.2, 0) is 14.2 Å². The van der Waals surface area contributed by atoms with E-state index in [9.17, 15) is 4.79 Å². The van der Waals surface area contributed by atoms with Crippen molar-refractivity contribution in [1.29, 1.82) is 0 Å². The lowest BCUT2D eigenvalue weighted by Crippen LogP contribution is -3.00. The zero-order valence-corrected chi connectivity index (χ0v) is 14.2. The number of halogens is 1.